The number of ether oxygens (including phenoxy) is 1. The van der Waals surface area contributed by atoms with Crippen LogP contribution in [0.2, 0.25) is 0 Å². The molecule has 0 bridgehead atoms. The third kappa shape index (κ3) is 4.69. The van der Waals surface area contributed by atoms with Crippen LogP contribution in [0.3, 0.4) is 0 Å². The van der Waals surface area contributed by atoms with Crippen LogP contribution >= 0.6 is 0 Å². The Morgan fingerprint density at radius 2 is 2.19 bits per heavy atom. The first kappa shape index (κ1) is 16.3. The van der Waals surface area contributed by atoms with E-state index in [4.69, 9.17) is 15.1 Å². The molecule has 0 spiro atoms. The minimum absolute atomic E-state index is 0.00424. The number of anilines is 1. The van der Waals surface area contributed by atoms with Crippen LogP contribution in [0.25, 0.3) is 0 Å². The van der Waals surface area contributed by atoms with Crippen LogP contribution in [0.4, 0.5) is 10.5 Å². The molecule has 21 heavy (non-hydrogen) atoms. The second kappa shape index (κ2) is 7.75. The Kier molecular flexibility index (Phi) is 6.01. The molecule has 0 heterocycles. The number of carboxylic acids is 1. The lowest BCUT2D eigenvalue weighted by Crippen LogP contribution is -2.32. The molecule has 1 aromatic rings. The van der Waals surface area contributed by atoms with Gasteiger partial charge >= 0.3 is 12.0 Å². The number of hydrogen-bond acceptors (Lipinski definition) is 4. The van der Waals surface area contributed by atoms with Gasteiger partial charge in [0.2, 0.25) is 0 Å². The molecule has 0 aliphatic rings. The van der Waals surface area contributed by atoms with Crippen molar-refractivity contribution in [1.82, 2.24) is 4.90 Å². The number of hydrogen-bond donors (Lipinski definition) is 2. The van der Waals surface area contributed by atoms with Gasteiger partial charge in [-0.3, -0.25) is 4.79 Å². The number of urea groups is 1. The Balaban J connectivity index is 2.74. The van der Waals surface area contributed by atoms with Gasteiger partial charge < -0.3 is 20.1 Å². The van der Waals surface area contributed by atoms with E-state index in [0.717, 1.165) is 0 Å². The number of benzene rings is 1. The van der Waals surface area contributed by atoms with E-state index in [1.165, 1.54) is 12.0 Å². The Morgan fingerprint density at radius 3 is 2.76 bits per heavy atom. The van der Waals surface area contributed by atoms with Crippen LogP contribution in [0, 0.1) is 11.3 Å². The summed E-state index contributed by atoms with van der Waals surface area (Å²) in [6.07, 6.45) is 0.353. The quantitative estimate of drug-likeness (QED) is 0.833. The van der Waals surface area contributed by atoms with E-state index in [9.17, 15) is 9.59 Å². The first-order valence-electron chi connectivity index (χ1n) is 6.30. The van der Waals surface area contributed by atoms with Crippen molar-refractivity contribution >= 4 is 17.7 Å². The fraction of sp³-hybridized carbons (Fsp3) is 0.357. The topological polar surface area (TPSA) is 103 Å². The van der Waals surface area contributed by atoms with E-state index in [1.54, 1.807) is 25.2 Å². The van der Waals surface area contributed by atoms with Crippen LogP contribution in [0.1, 0.15) is 18.4 Å². The third-order valence-electron chi connectivity index (χ3n) is 2.83. The lowest BCUT2D eigenvalue weighted by Gasteiger charge is -2.19. The van der Waals surface area contributed by atoms with E-state index >= 15 is 0 Å². The van der Waals surface area contributed by atoms with Crippen LogP contribution in [0.5, 0.6) is 5.75 Å². The van der Waals surface area contributed by atoms with E-state index in [-0.39, 0.29) is 6.42 Å². The zero-order valence-corrected chi connectivity index (χ0v) is 11.9. The molecule has 2 N–H and O–H groups in total. The average molecular weight is 291 g/mol. The van der Waals surface area contributed by atoms with Gasteiger partial charge in [-0.1, -0.05) is 6.07 Å². The predicted molar refractivity (Wildman–Crippen MR) is 76.2 cm³/mol. The minimum Gasteiger partial charge on any atom is -0.495 e. The molecule has 1 aromatic carbocycles. The van der Waals surface area contributed by atoms with Crippen LogP contribution in [-0.4, -0.2) is 42.7 Å². The average Bonchev–Trinajstić information content (AvgIpc) is 2.46. The molecule has 7 heteroatoms. The monoisotopic (exact) mass is 291 g/mol. The van der Waals surface area contributed by atoms with Crippen molar-refractivity contribution in [3.8, 4) is 11.8 Å². The van der Waals surface area contributed by atoms with Crippen LogP contribution < -0.4 is 10.1 Å². The summed E-state index contributed by atoms with van der Waals surface area (Å²) >= 11 is 0. The van der Waals surface area contributed by atoms with Gasteiger partial charge in [-0.05, 0) is 18.6 Å². The lowest BCUT2D eigenvalue weighted by atomic mass is 10.2. The molecule has 0 aliphatic carbocycles. The van der Waals surface area contributed by atoms with Gasteiger partial charge in [-0.2, -0.15) is 5.26 Å². The number of nitriles is 1. The fourth-order valence-electron chi connectivity index (χ4n) is 1.69. The Morgan fingerprint density at radius 1 is 1.48 bits per heavy atom. The summed E-state index contributed by atoms with van der Waals surface area (Å²) < 4.78 is 5.12. The normalized spacial score (nSPS) is 9.57. The number of amides is 2. The molecule has 112 valence electrons. The molecule has 0 atom stereocenters. The van der Waals surface area contributed by atoms with E-state index in [1.807, 2.05) is 6.07 Å². The second-order valence-corrected chi connectivity index (χ2v) is 4.34. The van der Waals surface area contributed by atoms with Crippen LogP contribution in [0.15, 0.2) is 18.2 Å². The van der Waals surface area contributed by atoms with Crippen molar-refractivity contribution in [2.24, 2.45) is 0 Å². The zero-order chi connectivity index (χ0) is 15.8. The van der Waals surface area contributed by atoms with E-state index in [0.29, 0.717) is 30.0 Å². The summed E-state index contributed by atoms with van der Waals surface area (Å²) in [4.78, 5) is 23.8. The number of nitrogens with zero attached hydrogens (tertiary/aromatic N) is 2. The largest absolute Gasteiger partial charge is 0.495 e. The molecular weight excluding hydrogens is 274 g/mol. The molecular formula is C14H17N3O4. The molecule has 0 aromatic heterocycles. The number of carboxylic acid groups (broad SMARTS) is 1. The number of carbonyl (C=O) groups excluding carboxylic acids is 1. The van der Waals surface area contributed by atoms with Crippen molar-refractivity contribution in [2.45, 2.75) is 12.8 Å². The fourth-order valence-corrected chi connectivity index (χ4v) is 1.69. The van der Waals surface area contributed by atoms with Crippen LogP contribution in [-0.2, 0) is 4.79 Å². The second-order valence-electron chi connectivity index (χ2n) is 4.34. The number of aliphatic carboxylic acids is 1. The Labute approximate surface area is 122 Å². The first-order chi connectivity index (χ1) is 9.99. The van der Waals surface area contributed by atoms with Gasteiger partial charge in [0, 0.05) is 20.0 Å². The minimum atomic E-state index is -0.902. The molecule has 0 unspecified atom stereocenters. The maximum Gasteiger partial charge on any atom is 0.321 e. The van der Waals surface area contributed by atoms with Crippen molar-refractivity contribution in [1.29, 1.82) is 5.26 Å². The summed E-state index contributed by atoms with van der Waals surface area (Å²) in [7, 11) is 3.00. The van der Waals surface area contributed by atoms with Crippen molar-refractivity contribution < 1.29 is 19.4 Å². The Bertz CT molecular complexity index is 566. The molecule has 0 saturated heterocycles. The maximum atomic E-state index is 12.0. The van der Waals surface area contributed by atoms with Crippen molar-refractivity contribution in [3.05, 3.63) is 23.8 Å². The highest BCUT2D eigenvalue weighted by Crippen LogP contribution is 2.27. The maximum absolute atomic E-state index is 12.0. The highest BCUT2D eigenvalue weighted by Gasteiger charge is 2.15. The SMILES string of the molecule is COc1cccc(C#N)c1NC(=O)N(C)CCCC(=O)O. The number of nitrogens with one attached hydrogen (secondary N) is 1. The van der Waals surface area contributed by atoms with Gasteiger partial charge in [0.1, 0.15) is 17.5 Å². The van der Waals surface area contributed by atoms with Gasteiger partial charge in [0.25, 0.3) is 0 Å². The summed E-state index contributed by atoms with van der Waals surface area (Å²) in [6, 6.07) is 6.42. The van der Waals surface area contributed by atoms with Crippen molar-refractivity contribution in [2.75, 3.05) is 26.0 Å². The van der Waals surface area contributed by atoms with Gasteiger partial charge in [-0.25, -0.2) is 4.79 Å². The first-order valence-corrected chi connectivity index (χ1v) is 6.30. The van der Waals surface area contributed by atoms with E-state index < -0.39 is 12.0 Å². The lowest BCUT2D eigenvalue weighted by molar-refractivity contribution is -0.137. The van der Waals surface area contributed by atoms with Crippen molar-refractivity contribution in [3.63, 3.8) is 0 Å². The van der Waals surface area contributed by atoms with Gasteiger partial charge in [0.15, 0.2) is 0 Å². The number of para-hydroxylation sites is 1. The summed E-state index contributed by atoms with van der Waals surface area (Å²) in [5.41, 5.74) is 0.597. The standard InChI is InChI=1S/C14H17N3O4/c1-17(8-4-7-12(18)19)14(20)16-13-10(9-15)5-3-6-11(13)21-2/h3,5-6H,4,7-8H2,1-2H3,(H,16,20)(H,18,19). The molecule has 0 radical (unpaired) electrons. The van der Waals surface area contributed by atoms with Gasteiger partial charge in [-0.15, -0.1) is 0 Å². The number of methoxy groups -OCH3 is 1. The molecule has 2 amide bonds. The van der Waals surface area contributed by atoms with E-state index in [2.05, 4.69) is 5.32 Å². The zero-order valence-electron chi connectivity index (χ0n) is 11.9. The Hall–Kier alpha value is -2.75. The number of carbonyl (C=O) groups is 2. The smallest absolute Gasteiger partial charge is 0.321 e. The molecule has 0 fully saturated rings. The van der Waals surface area contributed by atoms with Gasteiger partial charge in [0.05, 0.1) is 12.7 Å². The molecule has 0 saturated carbocycles. The molecule has 1 rings (SSSR count). The summed E-state index contributed by atoms with van der Waals surface area (Å²) in [6.45, 7) is 0.301. The molecule has 0 aliphatic heterocycles. The third-order valence-corrected chi connectivity index (χ3v) is 2.83. The predicted octanol–water partition coefficient (Wildman–Crippen LogP) is 1.90. The highest BCUT2D eigenvalue weighted by molar-refractivity contribution is 5.92. The number of rotatable bonds is 6. The summed E-state index contributed by atoms with van der Waals surface area (Å²) in [5, 5.41) is 20.2. The summed E-state index contributed by atoms with van der Waals surface area (Å²) in [5.74, 6) is -0.512. The highest BCUT2D eigenvalue weighted by atomic mass is 16.5. The molecule has 7 nitrogen and oxygen atoms in total.